The minimum absolute atomic E-state index is 0.714. The predicted molar refractivity (Wildman–Crippen MR) is 116 cm³/mol. The fourth-order valence-corrected chi connectivity index (χ4v) is 4.03. The van der Waals surface area contributed by atoms with Crippen molar-refractivity contribution in [2.24, 2.45) is 0 Å². The number of aromatic nitrogens is 4. The number of fused-ring (bicyclic) bond motifs is 1. The van der Waals surface area contributed by atoms with E-state index >= 15 is 0 Å². The van der Waals surface area contributed by atoms with Crippen LogP contribution in [-0.4, -0.2) is 26.7 Å². The largest absolute Gasteiger partial charge is 0.352 e. The third-order valence-electron chi connectivity index (χ3n) is 5.25. The molecule has 5 rings (SSSR count). The molecule has 5 nitrogen and oxygen atoms in total. The quantitative estimate of drug-likeness (QED) is 0.521. The summed E-state index contributed by atoms with van der Waals surface area (Å²) in [6.45, 7) is 3.58. The molecule has 0 bridgehead atoms. The molecule has 144 valence electrons. The van der Waals surface area contributed by atoms with Crippen molar-refractivity contribution in [3.8, 4) is 22.5 Å². The molecule has 0 radical (unpaired) electrons. The van der Waals surface area contributed by atoms with Crippen LogP contribution in [0.15, 0.2) is 60.7 Å². The number of hydrogen-bond donors (Lipinski definition) is 1. The van der Waals surface area contributed by atoms with Gasteiger partial charge in [-0.15, -0.1) is 0 Å². The second kappa shape index (κ2) is 7.33. The summed E-state index contributed by atoms with van der Waals surface area (Å²) in [6.07, 6.45) is 0.895. The van der Waals surface area contributed by atoms with Crippen molar-refractivity contribution in [1.29, 1.82) is 0 Å². The summed E-state index contributed by atoms with van der Waals surface area (Å²) in [6, 6.07) is 20.1. The first-order valence-corrected chi connectivity index (χ1v) is 10.0. The summed E-state index contributed by atoms with van der Waals surface area (Å²) in [7, 11) is 0. The van der Waals surface area contributed by atoms with Crippen LogP contribution in [0.5, 0.6) is 0 Å². The van der Waals surface area contributed by atoms with Crippen molar-refractivity contribution < 1.29 is 0 Å². The Morgan fingerprint density at radius 2 is 1.79 bits per heavy atom. The van der Waals surface area contributed by atoms with E-state index in [1.54, 1.807) is 0 Å². The molecular formula is C23H20ClN5. The molecule has 0 fully saturated rings. The van der Waals surface area contributed by atoms with Crippen LogP contribution in [0.1, 0.15) is 17.1 Å². The monoisotopic (exact) mass is 401 g/mol. The van der Waals surface area contributed by atoms with Crippen molar-refractivity contribution in [1.82, 2.24) is 20.2 Å². The minimum Gasteiger partial charge on any atom is -0.352 e. The molecule has 2 aromatic carbocycles. The maximum atomic E-state index is 6.20. The summed E-state index contributed by atoms with van der Waals surface area (Å²) < 4.78 is 0. The molecule has 0 atom stereocenters. The first kappa shape index (κ1) is 17.9. The molecule has 1 aliphatic rings. The number of nitrogens with zero attached hydrogens (tertiary/aromatic N) is 4. The van der Waals surface area contributed by atoms with Crippen molar-refractivity contribution in [3.05, 3.63) is 82.8 Å². The number of halogens is 1. The van der Waals surface area contributed by atoms with E-state index in [-0.39, 0.29) is 0 Å². The average molecular weight is 402 g/mol. The zero-order chi connectivity index (χ0) is 19.8. The van der Waals surface area contributed by atoms with E-state index in [2.05, 4.69) is 38.3 Å². The third kappa shape index (κ3) is 3.49. The number of rotatable bonds is 3. The van der Waals surface area contributed by atoms with E-state index < -0.39 is 0 Å². The second-order valence-corrected chi connectivity index (χ2v) is 7.67. The molecule has 0 saturated heterocycles. The maximum Gasteiger partial charge on any atom is 0.133 e. The van der Waals surface area contributed by atoms with E-state index in [1.807, 2.05) is 49.4 Å². The Morgan fingerprint density at radius 1 is 0.966 bits per heavy atom. The molecule has 0 saturated carbocycles. The second-order valence-electron chi connectivity index (χ2n) is 7.24. The van der Waals surface area contributed by atoms with Crippen LogP contribution >= 0.6 is 11.6 Å². The van der Waals surface area contributed by atoms with E-state index in [0.717, 1.165) is 53.7 Å². The van der Waals surface area contributed by atoms with Gasteiger partial charge in [-0.2, -0.15) is 5.10 Å². The SMILES string of the molecule is Cc1nc(-c2ccccc2)cc(N2CCc3[nH]nc(-c4cccc(Cl)c4)c3C2)n1. The van der Waals surface area contributed by atoms with Crippen molar-refractivity contribution >= 4 is 17.4 Å². The molecule has 2 aromatic heterocycles. The highest BCUT2D eigenvalue weighted by Crippen LogP contribution is 2.32. The van der Waals surface area contributed by atoms with Gasteiger partial charge in [-0.1, -0.05) is 54.1 Å². The van der Waals surface area contributed by atoms with Crippen molar-refractivity contribution in [3.63, 3.8) is 0 Å². The molecule has 4 aromatic rings. The van der Waals surface area contributed by atoms with Gasteiger partial charge in [0.1, 0.15) is 11.6 Å². The predicted octanol–water partition coefficient (Wildman–Crippen LogP) is 5.06. The average Bonchev–Trinajstić information content (AvgIpc) is 3.17. The third-order valence-corrected chi connectivity index (χ3v) is 5.48. The summed E-state index contributed by atoms with van der Waals surface area (Å²) in [5.41, 5.74) is 6.42. The van der Waals surface area contributed by atoms with Crippen molar-refractivity contribution in [2.45, 2.75) is 19.9 Å². The van der Waals surface area contributed by atoms with Crippen LogP contribution in [-0.2, 0) is 13.0 Å². The van der Waals surface area contributed by atoms with Gasteiger partial charge in [0, 0.05) is 53.0 Å². The zero-order valence-corrected chi connectivity index (χ0v) is 16.8. The molecule has 29 heavy (non-hydrogen) atoms. The fourth-order valence-electron chi connectivity index (χ4n) is 3.84. The van der Waals surface area contributed by atoms with E-state index in [4.69, 9.17) is 16.6 Å². The molecule has 1 N–H and O–H groups in total. The van der Waals surface area contributed by atoms with Gasteiger partial charge in [0.05, 0.1) is 11.4 Å². The van der Waals surface area contributed by atoms with Crippen LogP contribution in [0.3, 0.4) is 0 Å². The van der Waals surface area contributed by atoms with Gasteiger partial charge in [0.2, 0.25) is 0 Å². The normalized spacial score (nSPS) is 13.4. The number of H-pyrrole nitrogens is 1. The van der Waals surface area contributed by atoms with Crippen LogP contribution < -0.4 is 4.90 Å². The Bertz CT molecular complexity index is 1170. The smallest absolute Gasteiger partial charge is 0.133 e. The summed E-state index contributed by atoms with van der Waals surface area (Å²) >= 11 is 6.20. The molecule has 6 heteroatoms. The Morgan fingerprint density at radius 3 is 2.62 bits per heavy atom. The van der Waals surface area contributed by atoms with E-state index in [0.29, 0.717) is 5.02 Å². The Hall–Kier alpha value is -3.18. The molecule has 0 spiro atoms. The minimum atomic E-state index is 0.714. The number of anilines is 1. The van der Waals surface area contributed by atoms with Gasteiger partial charge in [-0.3, -0.25) is 5.10 Å². The number of aromatic amines is 1. The zero-order valence-electron chi connectivity index (χ0n) is 16.1. The summed E-state index contributed by atoms with van der Waals surface area (Å²) in [5, 5.41) is 8.50. The molecule has 3 heterocycles. The summed E-state index contributed by atoms with van der Waals surface area (Å²) in [4.78, 5) is 11.7. The van der Waals surface area contributed by atoms with Crippen LogP contribution in [0, 0.1) is 6.92 Å². The number of aryl methyl sites for hydroxylation is 1. The molecule has 0 amide bonds. The van der Waals surface area contributed by atoms with Gasteiger partial charge in [0.15, 0.2) is 0 Å². The highest BCUT2D eigenvalue weighted by molar-refractivity contribution is 6.30. The van der Waals surface area contributed by atoms with Crippen LogP contribution in [0.4, 0.5) is 5.82 Å². The lowest BCUT2D eigenvalue weighted by Crippen LogP contribution is -2.31. The van der Waals surface area contributed by atoms with Gasteiger partial charge in [-0.25, -0.2) is 9.97 Å². The van der Waals surface area contributed by atoms with Crippen LogP contribution in [0.25, 0.3) is 22.5 Å². The lowest BCUT2D eigenvalue weighted by molar-refractivity contribution is 0.708. The summed E-state index contributed by atoms with van der Waals surface area (Å²) in [5.74, 6) is 1.72. The first-order valence-electron chi connectivity index (χ1n) is 9.65. The van der Waals surface area contributed by atoms with Gasteiger partial charge >= 0.3 is 0 Å². The first-order chi connectivity index (χ1) is 14.2. The van der Waals surface area contributed by atoms with Gasteiger partial charge in [0.25, 0.3) is 0 Å². The molecular weight excluding hydrogens is 382 g/mol. The topological polar surface area (TPSA) is 57.7 Å². The molecule has 0 aliphatic carbocycles. The van der Waals surface area contributed by atoms with E-state index in [9.17, 15) is 0 Å². The maximum absolute atomic E-state index is 6.20. The van der Waals surface area contributed by atoms with Crippen molar-refractivity contribution in [2.75, 3.05) is 11.4 Å². The van der Waals surface area contributed by atoms with Gasteiger partial charge in [-0.05, 0) is 19.1 Å². The highest BCUT2D eigenvalue weighted by atomic mass is 35.5. The van der Waals surface area contributed by atoms with Gasteiger partial charge < -0.3 is 4.90 Å². The number of hydrogen-bond acceptors (Lipinski definition) is 4. The lowest BCUT2D eigenvalue weighted by atomic mass is 10.0. The van der Waals surface area contributed by atoms with Crippen LogP contribution in [0.2, 0.25) is 5.02 Å². The number of benzene rings is 2. The van der Waals surface area contributed by atoms with E-state index in [1.165, 1.54) is 11.3 Å². The Balaban J connectivity index is 1.50. The molecule has 0 unspecified atom stereocenters. The lowest BCUT2D eigenvalue weighted by Gasteiger charge is -2.28. The Kier molecular flexibility index (Phi) is 4.52. The number of nitrogens with one attached hydrogen (secondary N) is 1. The standard InChI is InChI=1S/C23H20ClN5/c1-15-25-21(16-6-3-2-4-7-16)13-22(26-15)29-11-10-20-19(14-29)23(28-27-20)17-8-5-9-18(24)12-17/h2-9,12-13H,10-11,14H2,1H3,(H,27,28). The fraction of sp³-hybridized carbons (Fsp3) is 0.174. The molecule has 1 aliphatic heterocycles. The Labute approximate surface area is 174 Å². The highest BCUT2D eigenvalue weighted by Gasteiger charge is 2.24.